The van der Waals surface area contributed by atoms with E-state index in [1.807, 2.05) is 0 Å². The van der Waals surface area contributed by atoms with Gasteiger partial charge in [0.25, 0.3) is 0 Å². The highest BCUT2D eigenvalue weighted by atomic mass is 15.1. The van der Waals surface area contributed by atoms with Crippen molar-refractivity contribution in [3.8, 4) is 66.8 Å². The predicted molar refractivity (Wildman–Crippen MR) is 234 cm³/mol. The fourth-order valence-electron chi connectivity index (χ4n) is 7.66. The Morgan fingerprint density at radius 1 is 0.182 bits per heavy atom. The first-order valence-electron chi connectivity index (χ1n) is 18.9. The fraction of sp³-hybridized carbons (Fsp3) is 0. The zero-order valence-electron chi connectivity index (χ0n) is 30.5. The molecule has 0 heterocycles. The maximum atomic E-state index is 2.43. The third-order valence-corrected chi connectivity index (χ3v) is 10.3. The number of anilines is 3. The smallest absolute Gasteiger partial charge is 0.0540 e. The first kappa shape index (κ1) is 33.6. The molecule has 260 valence electrons. The molecule has 0 aromatic heterocycles. The molecular formula is C54H39N. The highest BCUT2D eigenvalue weighted by molar-refractivity contribution is 5.99. The van der Waals surface area contributed by atoms with Gasteiger partial charge in [-0.15, -0.1) is 0 Å². The van der Waals surface area contributed by atoms with Crippen LogP contribution in [0.1, 0.15) is 0 Å². The summed E-state index contributed by atoms with van der Waals surface area (Å²) in [7, 11) is 0. The highest BCUT2D eigenvalue weighted by Crippen LogP contribution is 2.47. The summed E-state index contributed by atoms with van der Waals surface area (Å²) in [6, 6.07) is 85.0. The Balaban J connectivity index is 1.22. The molecule has 9 aromatic carbocycles. The van der Waals surface area contributed by atoms with Crippen LogP contribution in [0.15, 0.2) is 237 Å². The van der Waals surface area contributed by atoms with E-state index in [4.69, 9.17) is 0 Å². The van der Waals surface area contributed by atoms with Crippen LogP contribution in [0.5, 0.6) is 0 Å². The first-order chi connectivity index (χ1) is 27.3. The standard InChI is InChI=1S/C54H39N/c1-4-18-40(19-5-1)42-32-34-45(35-33-42)48-25-14-16-30-53(48)55(46-38-36-43(37-39-46)41-20-6-2-7-21-41)54-31-17-15-29-52(54)51-28-13-12-27-50(51)49-26-11-10-24-47(49)44-22-8-3-9-23-44/h1-39H. The lowest BCUT2D eigenvalue weighted by molar-refractivity contribution is 1.28. The predicted octanol–water partition coefficient (Wildman–Crippen LogP) is 15.2. The molecule has 0 aliphatic carbocycles. The second-order valence-electron chi connectivity index (χ2n) is 13.7. The molecule has 0 spiro atoms. The molecule has 0 amide bonds. The summed E-state index contributed by atoms with van der Waals surface area (Å²) >= 11 is 0. The minimum atomic E-state index is 1.09. The fourth-order valence-corrected chi connectivity index (χ4v) is 7.66. The van der Waals surface area contributed by atoms with E-state index in [-0.39, 0.29) is 0 Å². The van der Waals surface area contributed by atoms with Crippen LogP contribution in [0, 0.1) is 0 Å². The Bertz CT molecular complexity index is 2660. The summed E-state index contributed by atoms with van der Waals surface area (Å²) in [6.07, 6.45) is 0. The largest absolute Gasteiger partial charge is 0.309 e. The van der Waals surface area contributed by atoms with E-state index in [9.17, 15) is 0 Å². The first-order valence-corrected chi connectivity index (χ1v) is 18.9. The number of para-hydroxylation sites is 2. The molecule has 1 heteroatoms. The molecule has 9 rings (SSSR count). The second kappa shape index (κ2) is 15.4. The second-order valence-corrected chi connectivity index (χ2v) is 13.7. The number of hydrogen-bond donors (Lipinski definition) is 0. The van der Waals surface area contributed by atoms with Crippen molar-refractivity contribution in [2.24, 2.45) is 0 Å². The molecule has 1 nitrogen and oxygen atoms in total. The molecule has 55 heavy (non-hydrogen) atoms. The third-order valence-electron chi connectivity index (χ3n) is 10.3. The topological polar surface area (TPSA) is 3.24 Å². The van der Waals surface area contributed by atoms with Crippen LogP contribution in [-0.4, -0.2) is 0 Å². The average molecular weight is 702 g/mol. The van der Waals surface area contributed by atoms with E-state index in [0.717, 1.165) is 33.8 Å². The van der Waals surface area contributed by atoms with E-state index in [1.165, 1.54) is 50.1 Å². The van der Waals surface area contributed by atoms with Crippen molar-refractivity contribution in [2.75, 3.05) is 4.90 Å². The van der Waals surface area contributed by atoms with Gasteiger partial charge in [0.05, 0.1) is 11.4 Å². The van der Waals surface area contributed by atoms with Crippen molar-refractivity contribution in [1.29, 1.82) is 0 Å². The Morgan fingerprint density at radius 2 is 0.473 bits per heavy atom. The lowest BCUT2D eigenvalue weighted by Gasteiger charge is -2.30. The van der Waals surface area contributed by atoms with Gasteiger partial charge in [0.2, 0.25) is 0 Å². The number of benzene rings is 9. The molecule has 0 saturated heterocycles. The monoisotopic (exact) mass is 701 g/mol. The Kier molecular flexibility index (Phi) is 9.41. The van der Waals surface area contributed by atoms with Gasteiger partial charge in [0.15, 0.2) is 0 Å². The maximum Gasteiger partial charge on any atom is 0.0540 e. The maximum absolute atomic E-state index is 2.43. The van der Waals surface area contributed by atoms with Crippen molar-refractivity contribution < 1.29 is 0 Å². The van der Waals surface area contributed by atoms with Crippen molar-refractivity contribution in [1.82, 2.24) is 0 Å². The highest BCUT2D eigenvalue weighted by Gasteiger charge is 2.22. The Morgan fingerprint density at radius 3 is 1.00 bits per heavy atom. The number of nitrogens with zero attached hydrogens (tertiary/aromatic N) is 1. The van der Waals surface area contributed by atoms with Crippen LogP contribution in [-0.2, 0) is 0 Å². The molecule has 0 radical (unpaired) electrons. The van der Waals surface area contributed by atoms with E-state index < -0.39 is 0 Å². The van der Waals surface area contributed by atoms with Crippen molar-refractivity contribution >= 4 is 17.1 Å². The van der Waals surface area contributed by atoms with Crippen molar-refractivity contribution in [3.63, 3.8) is 0 Å². The van der Waals surface area contributed by atoms with Gasteiger partial charge in [-0.2, -0.15) is 0 Å². The SMILES string of the molecule is c1ccc(-c2ccc(-c3ccccc3N(c3ccc(-c4ccccc4)cc3)c3ccccc3-c3ccccc3-c3ccccc3-c3ccccc3)cc2)cc1. The van der Waals surface area contributed by atoms with Gasteiger partial charge in [-0.25, -0.2) is 0 Å². The lowest BCUT2D eigenvalue weighted by Crippen LogP contribution is -2.12. The number of hydrogen-bond acceptors (Lipinski definition) is 1. The van der Waals surface area contributed by atoms with Crippen LogP contribution < -0.4 is 4.90 Å². The molecule has 9 aromatic rings. The summed E-state index contributed by atoms with van der Waals surface area (Å²) in [6.45, 7) is 0. The average Bonchev–Trinajstić information content (AvgIpc) is 3.28. The third kappa shape index (κ3) is 6.88. The molecule has 0 unspecified atom stereocenters. The summed E-state index contributed by atoms with van der Waals surface area (Å²) in [5, 5.41) is 0. The van der Waals surface area contributed by atoms with Gasteiger partial charge in [0, 0.05) is 16.8 Å². The Hall–Kier alpha value is -7.22. The minimum absolute atomic E-state index is 1.09. The molecule has 0 saturated carbocycles. The van der Waals surface area contributed by atoms with Gasteiger partial charge < -0.3 is 4.90 Å². The van der Waals surface area contributed by atoms with E-state index in [1.54, 1.807) is 0 Å². The van der Waals surface area contributed by atoms with Crippen molar-refractivity contribution in [2.45, 2.75) is 0 Å². The van der Waals surface area contributed by atoms with E-state index in [0.29, 0.717) is 0 Å². The Labute approximate surface area is 324 Å². The minimum Gasteiger partial charge on any atom is -0.309 e. The summed E-state index contributed by atoms with van der Waals surface area (Å²) in [4.78, 5) is 2.43. The van der Waals surface area contributed by atoms with Crippen LogP contribution in [0.2, 0.25) is 0 Å². The molecule has 0 fully saturated rings. The van der Waals surface area contributed by atoms with Gasteiger partial charge >= 0.3 is 0 Å². The zero-order chi connectivity index (χ0) is 36.8. The molecular weight excluding hydrogens is 663 g/mol. The van der Waals surface area contributed by atoms with Crippen LogP contribution in [0.4, 0.5) is 17.1 Å². The molecule has 0 N–H and O–H groups in total. The summed E-state index contributed by atoms with van der Waals surface area (Å²) in [5.74, 6) is 0. The van der Waals surface area contributed by atoms with Crippen LogP contribution >= 0.6 is 0 Å². The summed E-state index contributed by atoms with van der Waals surface area (Å²) in [5.41, 5.74) is 17.6. The van der Waals surface area contributed by atoms with Gasteiger partial charge in [0.1, 0.15) is 0 Å². The van der Waals surface area contributed by atoms with E-state index in [2.05, 4.69) is 241 Å². The lowest BCUT2D eigenvalue weighted by atomic mass is 9.88. The normalized spacial score (nSPS) is 10.9. The van der Waals surface area contributed by atoms with Crippen molar-refractivity contribution in [3.05, 3.63) is 237 Å². The van der Waals surface area contributed by atoms with Gasteiger partial charge in [-0.3, -0.25) is 0 Å². The summed E-state index contributed by atoms with van der Waals surface area (Å²) < 4.78 is 0. The van der Waals surface area contributed by atoms with Crippen LogP contribution in [0.25, 0.3) is 66.8 Å². The quantitative estimate of drug-likeness (QED) is 0.145. The number of rotatable bonds is 9. The molecule has 0 aliphatic heterocycles. The molecule has 0 atom stereocenters. The molecule has 0 aliphatic rings. The van der Waals surface area contributed by atoms with Crippen LogP contribution in [0.3, 0.4) is 0 Å². The molecule has 0 bridgehead atoms. The zero-order valence-corrected chi connectivity index (χ0v) is 30.5. The van der Waals surface area contributed by atoms with Gasteiger partial charge in [-0.1, -0.05) is 212 Å². The van der Waals surface area contributed by atoms with Gasteiger partial charge in [-0.05, 0) is 79.9 Å². The van der Waals surface area contributed by atoms with E-state index >= 15 is 0 Å².